The summed E-state index contributed by atoms with van der Waals surface area (Å²) in [7, 11) is 1.89. The number of aliphatic hydroxyl groups excluding tert-OH is 1. The van der Waals surface area contributed by atoms with Gasteiger partial charge in [0.05, 0.1) is 19.0 Å². The quantitative estimate of drug-likeness (QED) is 0.764. The minimum Gasteiger partial charge on any atom is -0.387 e. The molecule has 1 aliphatic heterocycles. The van der Waals surface area contributed by atoms with Crippen LogP contribution in [0.5, 0.6) is 0 Å². The van der Waals surface area contributed by atoms with Gasteiger partial charge < -0.3 is 14.2 Å². The van der Waals surface area contributed by atoms with E-state index in [2.05, 4.69) is 15.2 Å². The van der Waals surface area contributed by atoms with Crippen LogP contribution in [0, 0.1) is 11.6 Å². The maximum atomic E-state index is 13.4. The SMILES string of the molecule is Cn1cnc(-c2nnc3n2CCN(CC(O)c2ccc(F)c(F)c2)C3)c1. The van der Waals surface area contributed by atoms with E-state index in [1.807, 2.05) is 27.3 Å². The van der Waals surface area contributed by atoms with Crippen molar-refractivity contribution in [3.8, 4) is 11.5 Å². The normalized spacial score (nSPS) is 15.8. The molecule has 0 saturated carbocycles. The van der Waals surface area contributed by atoms with E-state index in [0.717, 1.165) is 29.5 Å². The Labute approximate surface area is 148 Å². The molecule has 3 aromatic rings. The Bertz CT molecular complexity index is 937. The number of imidazole rings is 1. The Morgan fingerprint density at radius 2 is 2.04 bits per heavy atom. The van der Waals surface area contributed by atoms with Gasteiger partial charge in [0, 0.05) is 32.9 Å². The van der Waals surface area contributed by atoms with Crippen LogP contribution in [-0.2, 0) is 20.1 Å². The molecule has 2 aromatic heterocycles. The molecule has 1 atom stereocenters. The van der Waals surface area contributed by atoms with Crippen LogP contribution in [0.4, 0.5) is 8.78 Å². The molecule has 0 fully saturated rings. The average Bonchev–Trinajstić information content (AvgIpc) is 3.22. The van der Waals surface area contributed by atoms with Gasteiger partial charge in [0.2, 0.25) is 0 Å². The monoisotopic (exact) mass is 360 g/mol. The zero-order valence-corrected chi connectivity index (χ0v) is 14.2. The molecule has 0 spiro atoms. The number of aromatic nitrogens is 5. The van der Waals surface area contributed by atoms with Crippen molar-refractivity contribution in [2.75, 3.05) is 13.1 Å². The first kappa shape index (κ1) is 16.8. The van der Waals surface area contributed by atoms with Crippen molar-refractivity contribution in [2.45, 2.75) is 19.2 Å². The Kier molecular flexibility index (Phi) is 4.25. The lowest BCUT2D eigenvalue weighted by molar-refractivity contribution is 0.0961. The highest BCUT2D eigenvalue weighted by Gasteiger charge is 2.24. The molecule has 0 amide bonds. The molecule has 1 aliphatic rings. The first-order valence-electron chi connectivity index (χ1n) is 8.27. The van der Waals surface area contributed by atoms with Crippen LogP contribution in [0.1, 0.15) is 17.5 Å². The van der Waals surface area contributed by atoms with E-state index in [1.165, 1.54) is 6.07 Å². The molecule has 0 radical (unpaired) electrons. The number of β-amino-alcohol motifs (C(OH)–C–C–N with tert-alkyl or cyclic N) is 1. The van der Waals surface area contributed by atoms with Crippen LogP contribution in [-0.4, -0.2) is 47.4 Å². The molecule has 136 valence electrons. The lowest BCUT2D eigenvalue weighted by Crippen LogP contribution is -2.36. The summed E-state index contributed by atoms with van der Waals surface area (Å²) >= 11 is 0. The zero-order valence-electron chi connectivity index (χ0n) is 14.2. The molecule has 4 rings (SSSR count). The molecule has 3 heterocycles. The van der Waals surface area contributed by atoms with Gasteiger partial charge in [-0.2, -0.15) is 0 Å². The first-order chi connectivity index (χ1) is 12.5. The van der Waals surface area contributed by atoms with Crippen LogP contribution < -0.4 is 0 Å². The highest BCUT2D eigenvalue weighted by Crippen LogP contribution is 2.23. The van der Waals surface area contributed by atoms with E-state index >= 15 is 0 Å². The maximum Gasteiger partial charge on any atom is 0.184 e. The van der Waals surface area contributed by atoms with Gasteiger partial charge in [0.25, 0.3) is 0 Å². The van der Waals surface area contributed by atoms with E-state index in [4.69, 9.17) is 0 Å². The van der Waals surface area contributed by atoms with Crippen molar-refractivity contribution in [3.63, 3.8) is 0 Å². The predicted molar refractivity (Wildman–Crippen MR) is 88.8 cm³/mol. The zero-order chi connectivity index (χ0) is 18.3. The topological polar surface area (TPSA) is 72.0 Å². The molecule has 1 aromatic carbocycles. The second-order valence-corrected chi connectivity index (χ2v) is 6.44. The van der Waals surface area contributed by atoms with Crippen LogP contribution >= 0.6 is 0 Å². The molecular weight excluding hydrogens is 342 g/mol. The second-order valence-electron chi connectivity index (χ2n) is 6.44. The van der Waals surface area contributed by atoms with Gasteiger partial charge in [-0.15, -0.1) is 10.2 Å². The summed E-state index contributed by atoms with van der Waals surface area (Å²) in [6.07, 6.45) is 2.69. The lowest BCUT2D eigenvalue weighted by Gasteiger charge is -2.29. The number of aryl methyl sites for hydroxylation is 1. The Balaban J connectivity index is 1.47. The van der Waals surface area contributed by atoms with Crippen molar-refractivity contribution in [1.82, 2.24) is 29.2 Å². The maximum absolute atomic E-state index is 13.4. The van der Waals surface area contributed by atoms with Gasteiger partial charge in [-0.05, 0) is 17.7 Å². The Morgan fingerprint density at radius 1 is 1.19 bits per heavy atom. The van der Waals surface area contributed by atoms with Crippen molar-refractivity contribution in [2.24, 2.45) is 7.05 Å². The van der Waals surface area contributed by atoms with Crippen molar-refractivity contribution in [3.05, 3.63) is 53.7 Å². The molecular formula is C17H18F2N6O. The number of benzene rings is 1. The predicted octanol–water partition coefficient (Wildman–Crippen LogP) is 1.51. The number of hydrogen-bond acceptors (Lipinski definition) is 5. The number of aliphatic hydroxyl groups is 1. The van der Waals surface area contributed by atoms with Crippen LogP contribution in [0.25, 0.3) is 11.5 Å². The number of fused-ring (bicyclic) bond motifs is 1. The third kappa shape index (κ3) is 3.11. The lowest BCUT2D eigenvalue weighted by atomic mass is 10.1. The van der Waals surface area contributed by atoms with E-state index in [0.29, 0.717) is 31.7 Å². The molecule has 26 heavy (non-hydrogen) atoms. The van der Waals surface area contributed by atoms with E-state index < -0.39 is 17.7 Å². The van der Waals surface area contributed by atoms with Crippen LogP contribution in [0.3, 0.4) is 0 Å². The molecule has 0 aliphatic carbocycles. The van der Waals surface area contributed by atoms with Gasteiger partial charge in [-0.1, -0.05) is 6.07 Å². The highest BCUT2D eigenvalue weighted by atomic mass is 19.2. The smallest absolute Gasteiger partial charge is 0.184 e. The molecule has 1 N–H and O–H groups in total. The Morgan fingerprint density at radius 3 is 2.77 bits per heavy atom. The third-order valence-electron chi connectivity index (χ3n) is 4.53. The fraction of sp³-hybridized carbons (Fsp3) is 0.353. The largest absolute Gasteiger partial charge is 0.387 e. The van der Waals surface area contributed by atoms with Gasteiger partial charge >= 0.3 is 0 Å². The second kappa shape index (κ2) is 6.58. The summed E-state index contributed by atoms with van der Waals surface area (Å²) in [5.41, 5.74) is 1.12. The van der Waals surface area contributed by atoms with Crippen molar-refractivity contribution < 1.29 is 13.9 Å². The fourth-order valence-corrected chi connectivity index (χ4v) is 3.15. The standard InChI is InChI=1S/C17H18F2N6O/c1-23-7-14(20-10-23)17-22-21-16-9-24(4-5-25(16)17)8-15(26)11-2-3-12(18)13(19)6-11/h2-3,6-7,10,15,26H,4-5,8-9H2,1H3. The molecule has 1 unspecified atom stereocenters. The van der Waals surface area contributed by atoms with Gasteiger partial charge in [0.1, 0.15) is 11.5 Å². The first-order valence-corrected chi connectivity index (χ1v) is 8.27. The highest BCUT2D eigenvalue weighted by molar-refractivity contribution is 5.48. The Hall–Kier alpha value is -2.65. The summed E-state index contributed by atoms with van der Waals surface area (Å²) in [4.78, 5) is 6.32. The van der Waals surface area contributed by atoms with Crippen LogP contribution in [0.15, 0.2) is 30.7 Å². The van der Waals surface area contributed by atoms with E-state index in [1.54, 1.807) is 6.33 Å². The summed E-state index contributed by atoms with van der Waals surface area (Å²) < 4.78 is 30.3. The number of nitrogens with zero attached hydrogens (tertiary/aromatic N) is 6. The van der Waals surface area contributed by atoms with E-state index in [9.17, 15) is 13.9 Å². The summed E-state index contributed by atoms with van der Waals surface area (Å²) in [6.45, 7) is 2.17. The van der Waals surface area contributed by atoms with Crippen molar-refractivity contribution in [1.29, 1.82) is 0 Å². The summed E-state index contributed by atoms with van der Waals surface area (Å²) in [5.74, 6) is -0.371. The number of hydrogen-bond donors (Lipinski definition) is 1. The average molecular weight is 360 g/mol. The molecule has 9 heteroatoms. The fourth-order valence-electron chi connectivity index (χ4n) is 3.15. The van der Waals surface area contributed by atoms with E-state index in [-0.39, 0.29) is 0 Å². The van der Waals surface area contributed by atoms with Gasteiger partial charge in [0.15, 0.2) is 17.5 Å². The van der Waals surface area contributed by atoms with Crippen molar-refractivity contribution >= 4 is 0 Å². The number of halogens is 2. The minimum atomic E-state index is -0.958. The van der Waals surface area contributed by atoms with Gasteiger partial charge in [-0.3, -0.25) is 4.90 Å². The van der Waals surface area contributed by atoms with Crippen LogP contribution in [0.2, 0.25) is 0 Å². The van der Waals surface area contributed by atoms with Gasteiger partial charge in [-0.25, -0.2) is 13.8 Å². The summed E-state index contributed by atoms with van der Waals surface area (Å²) in [5, 5.41) is 18.8. The molecule has 0 saturated heterocycles. The third-order valence-corrected chi connectivity index (χ3v) is 4.53. The molecule has 0 bridgehead atoms. The number of rotatable bonds is 4. The summed E-state index contributed by atoms with van der Waals surface area (Å²) in [6, 6.07) is 3.46. The minimum absolute atomic E-state index is 0.302. The molecule has 7 nitrogen and oxygen atoms in total.